The molecule has 5 heteroatoms. The number of aromatic nitrogens is 4. The van der Waals surface area contributed by atoms with Crippen molar-refractivity contribution in [2.24, 2.45) is 0 Å². The van der Waals surface area contributed by atoms with Gasteiger partial charge < -0.3 is 9.09 Å². The zero-order valence-electron chi connectivity index (χ0n) is 15.0. The molecule has 4 aromatic rings. The van der Waals surface area contributed by atoms with E-state index in [4.69, 9.17) is 4.52 Å². The maximum atomic E-state index is 5.27. The molecular formula is C20H22N4O. The van der Waals surface area contributed by atoms with E-state index in [2.05, 4.69) is 37.9 Å². The zero-order valence-corrected chi connectivity index (χ0v) is 15.0. The predicted molar refractivity (Wildman–Crippen MR) is 99.4 cm³/mol. The topological polar surface area (TPSA) is 56.7 Å². The van der Waals surface area contributed by atoms with Crippen LogP contribution < -0.4 is 0 Å². The third kappa shape index (κ3) is 3.31. The quantitative estimate of drug-likeness (QED) is 0.541. The van der Waals surface area contributed by atoms with Crippen molar-refractivity contribution in [3.05, 3.63) is 65.9 Å². The Morgan fingerprint density at radius 3 is 2.48 bits per heavy atom. The van der Waals surface area contributed by atoms with Crippen LogP contribution in [0.2, 0.25) is 0 Å². The van der Waals surface area contributed by atoms with Crippen LogP contribution in [0, 0.1) is 13.8 Å². The van der Waals surface area contributed by atoms with Gasteiger partial charge in [0.05, 0.1) is 17.5 Å². The monoisotopic (exact) mass is 334 g/mol. The van der Waals surface area contributed by atoms with Crippen LogP contribution in [0.1, 0.15) is 30.9 Å². The number of nitrogens with zero attached hydrogens (tertiary/aromatic N) is 4. The molecule has 128 valence electrons. The van der Waals surface area contributed by atoms with E-state index >= 15 is 0 Å². The Bertz CT molecular complexity index is 950. The molecule has 25 heavy (non-hydrogen) atoms. The molecular weight excluding hydrogens is 312 g/mol. The van der Waals surface area contributed by atoms with Crippen molar-refractivity contribution in [3.63, 3.8) is 0 Å². The molecule has 0 aliphatic rings. The fourth-order valence-corrected chi connectivity index (χ4v) is 2.88. The Morgan fingerprint density at radius 2 is 1.80 bits per heavy atom. The number of fused-ring (bicyclic) bond motifs is 1. The van der Waals surface area contributed by atoms with Gasteiger partial charge in [0, 0.05) is 23.9 Å². The number of benzene rings is 1. The summed E-state index contributed by atoms with van der Waals surface area (Å²) in [6, 6.07) is 12.4. The molecule has 0 saturated heterocycles. The second-order valence-corrected chi connectivity index (χ2v) is 5.62. The molecule has 3 aromatic heterocycles. The Morgan fingerprint density at radius 1 is 1.04 bits per heavy atom. The number of hydrogen-bond acceptors (Lipinski definition) is 4. The van der Waals surface area contributed by atoms with E-state index in [-0.39, 0.29) is 0 Å². The van der Waals surface area contributed by atoms with E-state index in [1.807, 2.05) is 58.4 Å². The van der Waals surface area contributed by atoms with Crippen LogP contribution in [0.3, 0.4) is 0 Å². The van der Waals surface area contributed by atoms with Crippen molar-refractivity contribution in [3.8, 4) is 11.1 Å². The van der Waals surface area contributed by atoms with Crippen LogP contribution in [0.15, 0.2) is 53.4 Å². The summed E-state index contributed by atoms with van der Waals surface area (Å²) in [7, 11) is 0. The average Bonchev–Trinajstić information content (AvgIpc) is 3.20. The summed E-state index contributed by atoms with van der Waals surface area (Å²) in [5, 5.41) is 4.03. The first kappa shape index (κ1) is 16.9. The minimum atomic E-state index is 0.747. The molecule has 0 radical (unpaired) electrons. The smallest absolute Gasteiger partial charge is 0.177 e. The van der Waals surface area contributed by atoms with Gasteiger partial charge in [-0.25, -0.2) is 9.97 Å². The molecule has 1 aromatic carbocycles. The molecule has 0 unspecified atom stereocenters. The van der Waals surface area contributed by atoms with Gasteiger partial charge in [0.2, 0.25) is 0 Å². The van der Waals surface area contributed by atoms with Gasteiger partial charge in [-0.05, 0) is 25.5 Å². The third-order valence-electron chi connectivity index (χ3n) is 3.99. The summed E-state index contributed by atoms with van der Waals surface area (Å²) in [6.07, 6.45) is 3.66. The normalized spacial score (nSPS) is 10.6. The molecule has 4 rings (SSSR count). The molecule has 5 nitrogen and oxygen atoms in total. The third-order valence-corrected chi connectivity index (χ3v) is 3.99. The molecule has 0 aliphatic carbocycles. The summed E-state index contributed by atoms with van der Waals surface area (Å²) < 4.78 is 7.38. The first-order valence-electron chi connectivity index (χ1n) is 8.50. The van der Waals surface area contributed by atoms with Crippen LogP contribution >= 0.6 is 0 Å². The van der Waals surface area contributed by atoms with Gasteiger partial charge in [-0.1, -0.05) is 49.3 Å². The number of pyridine rings is 1. The number of aryl methyl sites for hydroxylation is 2. The van der Waals surface area contributed by atoms with Gasteiger partial charge in [0.1, 0.15) is 5.76 Å². The Kier molecular flexibility index (Phi) is 4.93. The molecule has 0 fully saturated rings. The molecule has 0 N–H and O–H groups in total. The summed E-state index contributed by atoms with van der Waals surface area (Å²) >= 11 is 0. The minimum absolute atomic E-state index is 0.747. The van der Waals surface area contributed by atoms with E-state index in [0.29, 0.717) is 0 Å². The fraction of sp³-hybridized carbons (Fsp3) is 0.250. The maximum Gasteiger partial charge on any atom is 0.177 e. The lowest BCUT2D eigenvalue weighted by molar-refractivity contribution is 0.393. The average molecular weight is 334 g/mol. The van der Waals surface area contributed by atoms with Gasteiger partial charge in [-0.15, -0.1) is 0 Å². The Hall–Kier alpha value is -2.95. The van der Waals surface area contributed by atoms with Crippen LogP contribution in [-0.2, 0) is 6.54 Å². The van der Waals surface area contributed by atoms with Crippen LogP contribution in [-0.4, -0.2) is 19.7 Å². The summed E-state index contributed by atoms with van der Waals surface area (Å²) in [6.45, 7) is 8.63. The summed E-state index contributed by atoms with van der Waals surface area (Å²) in [5.74, 6) is 0.803. The van der Waals surface area contributed by atoms with Crippen molar-refractivity contribution in [2.75, 3.05) is 0 Å². The minimum Gasteiger partial charge on any atom is -0.361 e. The van der Waals surface area contributed by atoms with E-state index in [0.717, 1.165) is 40.3 Å². The van der Waals surface area contributed by atoms with Crippen molar-refractivity contribution < 1.29 is 4.52 Å². The molecule has 0 spiro atoms. The van der Waals surface area contributed by atoms with Crippen molar-refractivity contribution in [1.29, 1.82) is 0 Å². The zero-order chi connectivity index (χ0) is 17.8. The second-order valence-electron chi connectivity index (χ2n) is 5.62. The highest BCUT2D eigenvalue weighted by atomic mass is 16.5. The second kappa shape index (κ2) is 7.30. The van der Waals surface area contributed by atoms with E-state index in [9.17, 15) is 0 Å². The SMILES string of the molecule is CC.Cc1noc(C)c1-c1cnc2ncn(Cc3ccccc3)c2c1. The predicted octanol–water partition coefficient (Wildman–Crippen LogP) is 4.78. The molecule has 0 bridgehead atoms. The molecule has 0 amide bonds. The Labute approximate surface area is 147 Å². The summed E-state index contributed by atoms with van der Waals surface area (Å²) in [4.78, 5) is 8.88. The highest BCUT2D eigenvalue weighted by molar-refractivity contribution is 5.79. The number of imidazole rings is 1. The van der Waals surface area contributed by atoms with Crippen molar-refractivity contribution in [2.45, 2.75) is 34.2 Å². The van der Waals surface area contributed by atoms with E-state index < -0.39 is 0 Å². The van der Waals surface area contributed by atoms with E-state index in [1.165, 1.54) is 5.56 Å². The van der Waals surface area contributed by atoms with Crippen molar-refractivity contribution in [1.82, 2.24) is 19.7 Å². The maximum absolute atomic E-state index is 5.27. The Balaban J connectivity index is 0.000000880. The lowest BCUT2D eigenvalue weighted by Crippen LogP contribution is -1.98. The van der Waals surface area contributed by atoms with Crippen LogP contribution in [0.4, 0.5) is 0 Å². The van der Waals surface area contributed by atoms with Gasteiger partial charge in [-0.3, -0.25) is 0 Å². The van der Waals surface area contributed by atoms with Gasteiger partial charge in [0.15, 0.2) is 5.65 Å². The molecule has 0 aliphatic heterocycles. The van der Waals surface area contributed by atoms with Gasteiger partial charge in [0.25, 0.3) is 0 Å². The highest BCUT2D eigenvalue weighted by Gasteiger charge is 2.14. The van der Waals surface area contributed by atoms with Crippen LogP contribution in [0.5, 0.6) is 0 Å². The highest BCUT2D eigenvalue weighted by Crippen LogP contribution is 2.28. The summed E-state index contributed by atoms with van der Waals surface area (Å²) in [5.41, 5.74) is 5.87. The first-order valence-corrected chi connectivity index (χ1v) is 8.50. The van der Waals surface area contributed by atoms with Gasteiger partial charge >= 0.3 is 0 Å². The standard InChI is InChI=1S/C18H16N4O.C2H6/c1-12-17(13(2)23-21-12)15-8-16-18(19-9-15)20-11-22(16)10-14-6-4-3-5-7-14;1-2/h3-9,11H,10H2,1-2H3;1-2H3. The first-order chi connectivity index (χ1) is 12.2. The molecule has 3 heterocycles. The van der Waals surface area contributed by atoms with Crippen molar-refractivity contribution >= 4 is 11.2 Å². The molecule has 0 saturated carbocycles. The molecule has 0 atom stereocenters. The van der Waals surface area contributed by atoms with Gasteiger partial charge in [-0.2, -0.15) is 0 Å². The largest absolute Gasteiger partial charge is 0.361 e. The number of hydrogen-bond donors (Lipinski definition) is 0. The fourth-order valence-electron chi connectivity index (χ4n) is 2.88. The number of rotatable bonds is 3. The van der Waals surface area contributed by atoms with Crippen LogP contribution in [0.25, 0.3) is 22.3 Å². The lowest BCUT2D eigenvalue weighted by Gasteiger charge is -2.06. The van der Waals surface area contributed by atoms with E-state index in [1.54, 1.807) is 0 Å². The lowest BCUT2D eigenvalue weighted by atomic mass is 10.1.